The predicted octanol–water partition coefficient (Wildman–Crippen LogP) is 3.54. The van der Waals surface area contributed by atoms with Crippen molar-refractivity contribution < 1.29 is 0 Å². The Morgan fingerprint density at radius 3 is 2.65 bits per heavy atom. The Bertz CT molecular complexity index is 350. The summed E-state index contributed by atoms with van der Waals surface area (Å²) >= 11 is 6.06. The van der Waals surface area contributed by atoms with Crippen LogP contribution in [0.25, 0.3) is 0 Å². The van der Waals surface area contributed by atoms with Crippen molar-refractivity contribution in [1.29, 1.82) is 0 Å². The Balaban J connectivity index is 2.76. The summed E-state index contributed by atoms with van der Waals surface area (Å²) in [5, 5.41) is 4.27. The molecule has 0 aromatic heterocycles. The summed E-state index contributed by atoms with van der Waals surface area (Å²) in [6.07, 6.45) is 0. The largest absolute Gasteiger partial charge is 0.375 e. The van der Waals surface area contributed by atoms with Crippen LogP contribution in [0.2, 0.25) is 5.02 Å². The number of benzene rings is 1. The number of hydrogen-bond donors (Lipinski definition) is 1. The van der Waals surface area contributed by atoms with Crippen molar-refractivity contribution in [3.05, 3.63) is 28.8 Å². The zero-order chi connectivity index (χ0) is 12.8. The topological polar surface area (TPSA) is 15.3 Å². The van der Waals surface area contributed by atoms with Crippen molar-refractivity contribution in [3.63, 3.8) is 0 Å². The number of rotatable bonds is 6. The quantitative estimate of drug-likeness (QED) is 0.835. The van der Waals surface area contributed by atoms with Crippen molar-refractivity contribution in [1.82, 2.24) is 5.32 Å². The molecule has 2 nitrogen and oxygen atoms in total. The first kappa shape index (κ1) is 14.3. The number of halogens is 1. The van der Waals surface area contributed by atoms with Crippen molar-refractivity contribution in [2.75, 3.05) is 25.0 Å². The monoisotopic (exact) mass is 254 g/mol. The van der Waals surface area contributed by atoms with Crippen LogP contribution >= 0.6 is 11.6 Å². The fourth-order valence-corrected chi connectivity index (χ4v) is 1.87. The van der Waals surface area contributed by atoms with Crippen LogP contribution in [0.1, 0.15) is 26.3 Å². The highest BCUT2D eigenvalue weighted by molar-refractivity contribution is 6.30. The van der Waals surface area contributed by atoms with Gasteiger partial charge in [0.15, 0.2) is 0 Å². The van der Waals surface area contributed by atoms with Crippen LogP contribution in [0.15, 0.2) is 18.2 Å². The second kappa shape index (κ2) is 6.87. The summed E-state index contributed by atoms with van der Waals surface area (Å²) in [5.41, 5.74) is 2.52. The van der Waals surface area contributed by atoms with Gasteiger partial charge in [-0.3, -0.25) is 0 Å². The van der Waals surface area contributed by atoms with Gasteiger partial charge in [-0.25, -0.2) is 0 Å². The van der Waals surface area contributed by atoms with Gasteiger partial charge in [0, 0.05) is 30.8 Å². The van der Waals surface area contributed by atoms with Gasteiger partial charge >= 0.3 is 0 Å². The maximum Gasteiger partial charge on any atom is 0.0426 e. The van der Waals surface area contributed by atoms with Crippen LogP contribution in [-0.2, 0) is 6.54 Å². The Kier molecular flexibility index (Phi) is 5.79. The van der Waals surface area contributed by atoms with Gasteiger partial charge in [-0.2, -0.15) is 0 Å². The second-order valence-corrected chi connectivity index (χ2v) is 5.25. The normalized spacial score (nSPS) is 10.9. The molecule has 96 valence electrons. The minimum atomic E-state index is 0.676. The molecule has 17 heavy (non-hydrogen) atoms. The molecule has 0 unspecified atom stereocenters. The van der Waals surface area contributed by atoms with Crippen LogP contribution in [0.3, 0.4) is 0 Å². The Morgan fingerprint density at radius 1 is 1.35 bits per heavy atom. The number of hydrogen-bond acceptors (Lipinski definition) is 2. The van der Waals surface area contributed by atoms with Gasteiger partial charge < -0.3 is 10.2 Å². The molecule has 1 aromatic carbocycles. The maximum absolute atomic E-state index is 6.06. The van der Waals surface area contributed by atoms with Gasteiger partial charge in [0.05, 0.1) is 0 Å². The van der Waals surface area contributed by atoms with Crippen molar-refractivity contribution in [2.24, 2.45) is 5.92 Å². The third-order valence-electron chi connectivity index (χ3n) is 2.80. The molecule has 0 spiro atoms. The van der Waals surface area contributed by atoms with Gasteiger partial charge in [-0.1, -0.05) is 31.5 Å². The molecule has 0 fully saturated rings. The highest BCUT2D eigenvalue weighted by Crippen LogP contribution is 2.24. The zero-order valence-corrected chi connectivity index (χ0v) is 12.0. The molecule has 0 bridgehead atoms. The first-order chi connectivity index (χ1) is 8.04. The van der Waals surface area contributed by atoms with Crippen LogP contribution in [0.4, 0.5) is 5.69 Å². The molecular weight excluding hydrogens is 232 g/mol. The first-order valence-corrected chi connectivity index (χ1v) is 6.62. The summed E-state index contributed by atoms with van der Waals surface area (Å²) in [7, 11) is 2.09. The number of nitrogens with zero attached hydrogens (tertiary/aromatic N) is 1. The molecule has 0 saturated heterocycles. The lowest BCUT2D eigenvalue weighted by Gasteiger charge is -2.21. The lowest BCUT2D eigenvalue weighted by Crippen LogP contribution is -2.22. The van der Waals surface area contributed by atoms with Crippen molar-refractivity contribution >= 4 is 17.3 Å². The minimum absolute atomic E-state index is 0.676. The molecular formula is C14H23ClN2. The van der Waals surface area contributed by atoms with Crippen LogP contribution < -0.4 is 10.2 Å². The van der Waals surface area contributed by atoms with E-state index in [0.29, 0.717) is 5.92 Å². The van der Waals surface area contributed by atoms with Gasteiger partial charge in [0.25, 0.3) is 0 Å². The average molecular weight is 255 g/mol. The molecule has 1 aromatic rings. The Morgan fingerprint density at radius 2 is 2.06 bits per heavy atom. The standard InChI is InChI=1S/C14H23ClN2/c1-5-17(4)14-8-13(15)7-6-12(14)10-16-9-11(2)3/h6-8,11,16H,5,9-10H2,1-4H3. The van der Waals surface area contributed by atoms with Crippen LogP contribution in [0.5, 0.6) is 0 Å². The van der Waals surface area contributed by atoms with E-state index in [2.05, 4.69) is 44.1 Å². The molecule has 0 heterocycles. The van der Waals surface area contributed by atoms with E-state index in [-0.39, 0.29) is 0 Å². The van der Waals surface area contributed by atoms with Crippen molar-refractivity contribution in [2.45, 2.75) is 27.3 Å². The van der Waals surface area contributed by atoms with Gasteiger partial charge in [-0.15, -0.1) is 0 Å². The molecule has 0 amide bonds. The summed E-state index contributed by atoms with van der Waals surface area (Å²) in [5.74, 6) is 0.676. The molecule has 0 aliphatic carbocycles. The molecule has 0 saturated carbocycles. The summed E-state index contributed by atoms with van der Waals surface area (Å²) in [4.78, 5) is 2.22. The average Bonchev–Trinajstić information content (AvgIpc) is 2.29. The molecule has 0 atom stereocenters. The highest BCUT2D eigenvalue weighted by Gasteiger charge is 2.07. The molecule has 1 N–H and O–H groups in total. The Hall–Kier alpha value is -0.730. The lowest BCUT2D eigenvalue weighted by molar-refractivity contribution is 0.552. The summed E-state index contributed by atoms with van der Waals surface area (Å²) in [6, 6.07) is 6.11. The summed E-state index contributed by atoms with van der Waals surface area (Å²) < 4.78 is 0. The fourth-order valence-electron chi connectivity index (χ4n) is 1.71. The van der Waals surface area contributed by atoms with E-state index >= 15 is 0 Å². The number of anilines is 1. The maximum atomic E-state index is 6.06. The van der Waals surface area contributed by atoms with Crippen LogP contribution in [0, 0.1) is 5.92 Å². The predicted molar refractivity (Wildman–Crippen MR) is 76.9 cm³/mol. The number of nitrogens with one attached hydrogen (secondary N) is 1. The Labute approximate surface area is 110 Å². The van der Waals surface area contributed by atoms with E-state index in [0.717, 1.165) is 24.7 Å². The van der Waals surface area contributed by atoms with E-state index in [1.165, 1.54) is 11.3 Å². The smallest absolute Gasteiger partial charge is 0.0426 e. The molecule has 3 heteroatoms. The summed E-state index contributed by atoms with van der Waals surface area (Å²) in [6.45, 7) is 9.50. The molecule has 0 aliphatic rings. The van der Waals surface area contributed by atoms with E-state index < -0.39 is 0 Å². The van der Waals surface area contributed by atoms with Gasteiger partial charge in [0.2, 0.25) is 0 Å². The van der Waals surface area contributed by atoms with Gasteiger partial charge in [0.1, 0.15) is 0 Å². The second-order valence-electron chi connectivity index (χ2n) is 4.81. The van der Waals surface area contributed by atoms with E-state index in [4.69, 9.17) is 11.6 Å². The molecule has 0 aliphatic heterocycles. The SMILES string of the molecule is CCN(C)c1cc(Cl)ccc1CNCC(C)C. The zero-order valence-electron chi connectivity index (χ0n) is 11.3. The third kappa shape index (κ3) is 4.57. The van der Waals surface area contributed by atoms with Crippen molar-refractivity contribution in [3.8, 4) is 0 Å². The third-order valence-corrected chi connectivity index (χ3v) is 3.04. The minimum Gasteiger partial charge on any atom is -0.375 e. The lowest BCUT2D eigenvalue weighted by atomic mass is 10.1. The first-order valence-electron chi connectivity index (χ1n) is 6.24. The molecule has 1 rings (SSSR count). The van der Waals surface area contributed by atoms with E-state index in [9.17, 15) is 0 Å². The van der Waals surface area contributed by atoms with Crippen LogP contribution in [-0.4, -0.2) is 20.1 Å². The highest BCUT2D eigenvalue weighted by atomic mass is 35.5. The van der Waals surface area contributed by atoms with E-state index in [1.807, 2.05) is 12.1 Å². The fraction of sp³-hybridized carbons (Fsp3) is 0.571. The van der Waals surface area contributed by atoms with E-state index in [1.54, 1.807) is 0 Å². The van der Waals surface area contributed by atoms with Gasteiger partial charge in [-0.05, 0) is 37.1 Å². The molecule has 0 radical (unpaired) electrons.